The number of benzene rings is 2. The van der Waals surface area contributed by atoms with Gasteiger partial charge in [-0.05, 0) is 81.1 Å². The van der Waals surface area contributed by atoms with E-state index in [0.717, 1.165) is 37.2 Å². The van der Waals surface area contributed by atoms with E-state index in [1.54, 1.807) is 0 Å². The highest BCUT2D eigenvalue weighted by molar-refractivity contribution is 5.79. The predicted octanol–water partition coefficient (Wildman–Crippen LogP) is 5.51. The van der Waals surface area contributed by atoms with Crippen molar-refractivity contribution in [2.45, 2.75) is 51.7 Å². The fourth-order valence-corrected chi connectivity index (χ4v) is 4.85. The number of hydrogen-bond donors (Lipinski definition) is 2. The van der Waals surface area contributed by atoms with Crippen molar-refractivity contribution in [3.05, 3.63) is 89.2 Å². The van der Waals surface area contributed by atoms with Crippen LogP contribution in [-0.4, -0.2) is 61.0 Å². The van der Waals surface area contributed by atoms with Crippen LogP contribution in [0.4, 0.5) is 9.59 Å². The molecule has 0 fully saturated rings. The first kappa shape index (κ1) is 29.1. The number of pyridine rings is 1. The number of aromatic nitrogens is 1. The summed E-state index contributed by atoms with van der Waals surface area (Å²) in [6.45, 7) is 8.29. The Labute approximate surface area is 237 Å². The maximum Gasteiger partial charge on any atom is 0.407 e. The van der Waals surface area contributed by atoms with Crippen LogP contribution in [-0.2, 0) is 22.4 Å². The van der Waals surface area contributed by atoms with Crippen LogP contribution in [0.15, 0.2) is 66.9 Å². The van der Waals surface area contributed by atoms with E-state index in [4.69, 9.17) is 9.47 Å². The molecule has 0 spiro atoms. The number of alkyl carbamates (subject to hydrolysis) is 2. The number of rotatable bonds is 11. The lowest BCUT2D eigenvalue weighted by molar-refractivity contribution is 0.0523. The van der Waals surface area contributed by atoms with E-state index in [2.05, 4.69) is 44.8 Å². The van der Waals surface area contributed by atoms with Crippen LogP contribution in [0.5, 0.6) is 0 Å². The van der Waals surface area contributed by atoms with E-state index in [-0.39, 0.29) is 12.0 Å². The van der Waals surface area contributed by atoms with E-state index in [0.29, 0.717) is 19.7 Å². The topological polar surface area (TPSA) is 92.8 Å². The van der Waals surface area contributed by atoms with Gasteiger partial charge in [0.15, 0.2) is 0 Å². The third-order valence-corrected chi connectivity index (χ3v) is 6.81. The highest BCUT2D eigenvalue weighted by Gasteiger charge is 2.29. The largest absolute Gasteiger partial charge is 0.449 e. The quantitative estimate of drug-likeness (QED) is 0.331. The van der Waals surface area contributed by atoms with Crippen molar-refractivity contribution in [3.63, 3.8) is 0 Å². The molecule has 0 unspecified atom stereocenters. The molecule has 8 heteroatoms. The molecule has 8 nitrogen and oxygen atoms in total. The van der Waals surface area contributed by atoms with Crippen molar-refractivity contribution in [3.8, 4) is 11.1 Å². The minimum atomic E-state index is -0.524. The summed E-state index contributed by atoms with van der Waals surface area (Å²) in [7, 11) is 2.04. The van der Waals surface area contributed by atoms with Gasteiger partial charge in [0.2, 0.25) is 0 Å². The van der Waals surface area contributed by atoms with Gasteiger partial charge in [-0.25, -0.2) is 9.59 Å². The normalized spacial score (nSPS) is 12.5. The summed E-state index contributed by atoms with van der Waals surface area (Å²) >= 11 is 0. The second-order valence-electron chi connectivity index (χ2n) is 11.2. The molecule has 2 amide bonds. The zero-order valence-electron chi connectivity index (χ0n) is 23.9. The Hall–Kier alpha value is -3.91. The zero-order valence-corrected chi connectivity index (χ0v) is 23.9. The lowest BCUT2D eigenvalue weighted by Crippen LogP contribution is -2.34. The molecule has 2 aromatic carbocycles. The van der Waals surface area contributed by atoms with Crippen molar-refractivity contribution in [1.82, 2.24) is 20.5 Å². The second kappa shape index (κ2) is 13.4. The van der Waals surface area contributed by atoms with Crippen LogP contribution >= 0.6 is 0 Å². The standard InChI is InChI=1S/C32H40N4O4/c1-32(2,3)40-31(38)35-21-24-16-15-23(20-34-24)10-9-18-36(4)19-17-33-30(37)39-22-29-27-13-7-5-11-25(27)26-12-6-8-14-28(26)29/h5-8,11-16,20,29H,9-10,17-19,21-22H2,1-4H3,(H,33,37)(H,35,38). The third kappa shape index (κ3) is 8.29. The van der Waals surface area contributed by atoms with Gasteiger partial charge in [0.1, 0.15) is 12.2 Å². The van der Waals surface area contributed by atoms with Gasteiger partial charge in [0.05, 0.1) is 12.2 Å². The van der Waals surface area contributed by atoms with Crippen LogP contribution in [0.1, 0.15) is 55.5 Å². The van der Waals surface area contributed by atoms with Crippen molar-refractivity contribution >= 4 is 12.2 Å². The Morgan fingerprint density at radius 2 is 1.57 bits per heavy atom. The number of nitrogens with zero attached hydrogens (tertiary/aromatic N) is 2. The summed E-state index contributed by atoms with van der Waals surface area (Å²) < 4.78 is 10.9. The lowest BCUT2D eigenvalue weighted by atomic mass is 9.98. The van der Waals surface area contributed by atoms with Gasteiger partial charge in [-0.15, -0.1) is 0 Å². The number of ether oxygens (including phenoxy) is 2. The molecule has 0 atom stereocenters. The molecule has 0 bridgehead atoms. The lowest BCUT2D eigenvalue weighted by Gasteiger charge is -2.19. The van der Waals surface area contributed by atoms with Gasteiger partial charge in [-0.2, -0.15) is 0 Å². The van der Waals surface area contributed by atoms with Gasteiger partial charge >= 0.3 is 12.2 Å². The number of aryl methyl sites for hydroxylation is 1. The van der Waals surface area contributed by atoms with Crippen LogP contribution < -0.4 is 10.6 Å². The number of amides is 2. The second-order valence-corrected chi connectivity index (χ2v) is 11.2. The maximum atomic E-state index is 12.4. The SMILES string of the molecule is CN(CCCc1ccc(CNC(=O)OC(C)(C)C)nc1)CCNC(=O)OCC1c2ccccc2-c2ccccc21. The first-order valence-electron chi connectivity index (χ1n) is 13.9. The molecule has 212 valence electrons. The smallest absolute Gasteiger partial charge is 0.407 e. The van der Waals surface area contributed by atoms with Gasteiger partial charge in [-0.3, -0.25) is 4.98 Å². The minimum Gasteiger partial charge on any atom is -0.449 e. The summed E-state index contributed by atoms with van der Waals surface area (Å²) in [5, 5.41) is 5.60. The molecule has 0 radical (unpaired) electrons. The number of nitrogens with one attached hydrogen (secondary N) is 2. The minimum absolute atomic E-state index is 0.0608. The predicted molar refractivity (Wildman–Crippen MR) is 156 cm³/mol. The van der Waals surface area contributed by atoms with Crippen LogP contribution in [0.2, 0.25) is 0 Å². The molecular weight excluding hydrogens is 504 g/mol. The molecule has 1 aliphatic rings. The first-order chi connectivity index (χ1) is 19.2. The molecule has 3 aromatic rings. The van der Waals surface area contributed by atoms with Gasteiger partial charge < -0.3 is 25.0 Å². The van der Waals surface area contributed by atoms with Gasteiger partial charge in [0.25, 0.3) is 0 Å². The molecule has 2 N–H and O–H groups in total. The van der Waals surface area contributed by atoms with Gasteiger partial charge in [-0.1, -0.05) is 54.6 Å². The summed E-state index contributed by atoms with van der Waals surface area (Å²) in [6.07, 6.45) is 2.89. The molecule has 1 aromatic heterocycles. The molecule has 40 heavy (non-hydrogen) atoms. The monoisotopic (exact) mass is 544 g/mol. The van der Waals surface area contributed by atoms with E-state index in [1.807, 2.05) is 70.4 Å². The maximum absolute atomic E-state index is 12.4. The number of carbonyl (C=O) groups excluding carboxylic acids is 2. The van der Waals surface area contributed by atoms with Gasteiger partial charge in [0, 0.05) is 25.2 Å². The number of carbonyl (C=O) groups is 2. The molecular formula is C32H40N4O4. The molecule has 0 aliphatic heterocycles. The van der Waals surface area contributed by atoms with Crippen LogP contribution in [0, 0.1) is 0 Å². The number of hydrogen-bond acceptors (Lipinski definition) is 6. The summed E-state index contributed by atoms with van der Waals surface area (Å²) in [6, 6.07) is 20.6. The average Bonchev–Trinajstić information content (AvgIpc) is 3.24. The molecule has 1 aliphatic carbocycles. The number of likely N-dealkylation sites (N-methyl/N-ethyl adjacent to an activating group) is 1. The molecule has 4 rings (SSSR count). The van der Waals surface area contributed by atoms with Crippen LogP contribution in [0.25, 0.3) is 11.1 Å². The molecule has 0 saturated carbocycles. The summed E-state index contributed by atoms with van der Waals surface area (Å²) in [5.74, 6) is 0.0608. The van der Waals surface area contributed by atoms with Crippen molar-refractivity contribution in [2.24, 2.45) is 0 Å². The summed E-state index contributed by atoms with van der Waals surface area (Å²) in [4.78, 5) is 30.8. The fraction of sp³-hybridized carbons (Fsp3) is 0.406. The van der Waals surface area contributed by atoms with Crippen molar-refractivity contribution in [1.29, 1.82) is 0 Å². The van der Waals surface area contributed by atoms with E-state index in [1.165, 1.54) is 22.3 Å². The van der Waals surface area contributed by atoms with E-state index in [9.17, 15) is 9.59 Å². The van der Waals surface area contributed by atoms with Crippen molar-refractivity contribution < 1.29 is 19.1 Å². The Kier molecular flexibility index (Phi) is 9.77. The fourth-order valence-electron chi connectivity index (χ4n) is 4.85. The molecule has 0 saturated heterocycles. The molecule has 1 heterocycles. The number of fused-ring (bicyclic) bond motifs is 3. The Balaban J connectivity index is 1.10. The van der Waals surface area contributed by atoms with E-state index >= 15 is 0 Å². The third-order valence-electron chi connectivity index (χ3n) is 6.81. The Bertz CT molecular complexity index is 1240. The Morgan fingerprint density at radius 1 is 0.900 bits per heavy atom. The average molecular weight is 545 g/mol. The highest BCUT2D eigenvalue weighted by atomic mass is 16.6. The summed E-state index contributed by atoms with van der Waals surface area (Å²) in [5.41, 5.74) is 6.25. The zero-order chi connectivity index (χ0) is 28.5. The van der Waals surface area contributed by atoms with Crippen molar-refractivity contribution in [2.75, 3.05) is 33.3 Å². The highest BCUT2D eigenvalue weighted by Crippen LogP contribution is 2.44. The van der Waals surface area contributed by atoms with Crippen LogP contribution in [0.3, 0.4) is 0 Å². The first-order valence-corrected chi connectivity index (χ1v) is 13.9. The Morgan fingerprint density at radius 3 is 2.20 bits per heavy atom. The van der Waals surface area contributed by atoms with E-state index < -0.39 is 11.7 Å².